The van der Waals surface area contributed by atoms with Crippen LogP contribution in [0.3, 0.4) is 0 Å². The molecule has 4 rings (SSSR count). The summed E-state index contributed by atoms with van der Waals surface area (Å²) in [6.45, 7) is 6.57. The fourth-order valence-electron chi connectivity index (χ4n) is 4.42. The average molecular weight is 370 g/mol. The van der Waals surface area contributed by atoms with Crippen LogP contribution in [0.2, 0.25) is 0 Å². The summed E-state index contributed by atoms with van der Waals surface area (Å²) in [5, 5.41) is 5.85. The summed E-state index contributed by atoms with van der Waals surface area (Å²) in [5.41, 5.74) is 2.85. The van der Waals surface area contributed by atoms with Gasteiger partial charge in [0.25, 0.3) is 5.91 Å². The summed E-state index contributed by atoms with van der Waals surface area (Å²) < 4.78 is 0. The van der Waals surface area contributed by atoms with Crippen LogP contribution in [0, 0.1) is 0 Å². The predicted octanol–water partition coefficient (Wildman–Crippen LogP) is 0.631. The molecule has 3 aliphatic rings. The summed E-state index contributed by atoms with van der Waals surface area (Å²) >= 11 is 0. The van der Waals surface area contributed by atoms with E-state index in [-0.39, 0.29) is 24.1 Å². The van der Waals surface area contributed by atoms with Crippen molar-refractivity contribution in [3.8, 4) is 0 Å². The number of nitrogens with zero attached hydrogens (tertiary/aromatic N) is 2. The third-order valence-corrected chi connectivity index (χ3v) is 5.76. The molecule has 3 aliphatic heterocycles. The first-order chi connectivity index (χ1) is 13.0. The zero-order valence-corrected chi connectivity index (χ0v) is 15.7. The standard InChI is InChI=1S/C20H26N4O3/c1-2-21-15-7-8-23(12-15)10-13-3-4-16-14(9-13)11-24(20(16)27)17-5-6-18(25)22-19(17)26/h3-4,9,15,17,21H,2,5-8,10-12H2,1H3,(H,22,25,26). The number of likely N-dealkylation sites (N-methyl/N-ethyl adjacent to an activating group) is 1. The normalized spacial score (nSPS) is 25.8. The van der Waals surface area contributed by atoms with Gasteiger partial charge in [0.05, 0.1) is 0 Å². The Morgan fingerprint density at radius 1 is 1.22 bits per heavy atom. The first-order valence-corrected chi connectivity index (χ1v) is 9.77. The van der Waals surface area contributed by atoms with Crippen molar-refractivity contribution in [3.63, 3.8) is 0 Å². The molecule has 7 heteroatoms. The van der Waals surface area contributed by atoms with Gasteiger partial charge in [0.2, 0.25) is 11.8 Å². The van der Waals surface area contributed by atoms with Crippen molar-refractivity contribution in [2.45, 2.75) is 51.4 Å². The highest BCUT2D eigenvalue weighted by Crippen LogP contribution is 2.28. The Bertz CT molecular complexity index is 778. The molecule has 3 amide bonds. The third-order valence-electron chi connectivity index (χ3n) is 5.76. The van der Waals surface area contributed by atoms with Crippen LogP contribution in [0.25, 0.3) is 0 Å². The van der Waals surface area contributed by atoms with Crippen LogP contribution in [0.15, 0.2) is 18.2 Å². The predicted molar refractivity (Wildman–Crippen MR) is 99.8 cm³/mol. The number of carbonyl (C=O) groups excluding carboxylic acids is 3. The van der Waals surface area contributed by atoms with Crippen LogP contribution < -0.4 is 10.6 Å². The van der Waals surface area contributed by atoms with Gasteiger partial charge in [0.1, 0.15) is 6.04 Å². The lowest BCUT2D eigenvalue weighted by Crippen LogP contribution is -2.52. The van der Waals surface area contributed by atoms with Crippen molar-refractivity contribution in [2.24, 2.45) is 0 Å². The molecular formula is C20H26N4O3. The van der Waals surface area contributed by atoms with Crippen LogP contribution in [-0.2, 0) is 22.7 Å². The molecule has 2 N–H and O–H groups in total. The van der Waals surface area contributed by atoms with E-state index in [0.717, 1.165) is 31.7 Å². The molecule has 27 heavy (non-hydrogen) atoms. The van der Waals surface area contributed by atoms with Crippen molar-refractivity contribution < 1.29 is 14.4 Å². The van der Waals surface area contributed by atoms with Gasteiger partial charge < -0.3 is 10.2 Å². The van der Waals surface area contributed by atoms with E-state index in [1.165, 1.54) is 12.0 Å². The van der Waals surface area contributed by atoms with E-state index in [0.29, 0.717) is 24.6 Å². The highest BCUT2D eigenvalue weighted by molar-refractivity contribution is 6.05. The molecule has 2 unspecified atom stereocenters. The maximum atomic E-state index is 12.7. The lowest BCUT2D eigenvalue weighted by atomic mass is 10.0. The number of rotatable bonds is 5. The zero-order chi connectivity index (χ0) is 19.0. The molecule has 1 aromatic rings. The van der Waals surface area contributed by atoms with Crippen molar-refractivity contribution in [2.75, 3.05) is 19.6 Å². The summed E-state index contributed by atoms with van der Waals surface area (Å²) in [4.78, 5) is 40.3. The number of carbonyl (C=O) groups is 3. The summed E-state index contributed by atoms with van der Waals surface area (Å²) in [5.74, 6) is -0.734. The van der Waals surface area contributed by atoms with E-state index in [2.05, 4.69) is 28.5 Å². The van der Waals surface area contributed by atoms with Gasteiger partial charge in [-0.15, -0.1) is 0 Å². The van der Waals surface area contributed by atoms with Crippen LogP contribution in [0.4, 0.5) is 0 Å². The molecular weight excluding hydrogens is 344 g/mol. The quantitative estimate of drug-likeness (QED) is 0.743. The lowest BCUT2D eigenvalue weighted by molar-refractivity contribution is -0.136. The van der Waals surface area contributed by atoms with Crippen LogP contribution in [0.1, 0.15) is 47.7 Å². The smallest absolute Gasteiger partial charge is 0.255 e. The number of piperidine rings is 1. The van der Waals surface area contributed by atoms with Gasteiger partial charge in [-0.25, -0.2) is 0 Å². The molecule has 0 radical (unpaired) electrons. The van der Waals surface area contributed by atoms with Crippen LogP contribution in [0.5, 0.6) is 0 Å². The van der Waals surface area contributed by atoms with Gasteiger partial charge in [0, 0.05) is 44.2 Å². The maximum absolute atomic E-state index is 12.7. The Morgan fingerprint density at radius 3 is 2.85 bits per heavy atom. The average Bonchev–Trinajstić information content (AvgIpc) is 3.20. The molecule has 3 heterocycles. The Hall–Kier alpha value is -2.25. The van der Waals surface area contributed by atoms with Gasteiger partial charge in [0.15, 0.2) is 0 Å². The van der Waals surface area contributed by atoms with Gasteiger partial charge in [-0.2, -0.15) is 0 Å². The van der Waals surface area contributed by atoms with Crippen molar-refractivity contribution in [1.82, 2.24) is 20.4 Å². The fraction of sp³-hybridized carbons (Fsp3) is 0.550. The van der Waals surface area contributed by atoms with Gasteiger partial charge in [-0.05, 0) is 36.6 Å². The van der Waals surface area contributed by atoms with Crippen LogP contribution >= 0.6 is 0 Å². The number of nitrogens with one attached hydrogen (secondary N) is 2. The topological polar surface area (TPSA) is 81.8 Å². The van der Waals surface area contributed by atoms with E-state index >= 15 is 0 Å². The Balaban J connectivity index is 1.43. The molecule has 2 saturated heterocycles. The number of imide groups is 1. The minimum Gasteiger partial charge on any atom is -0.322 e. The van der Waals surface area contributed by atoms with E-state index in [4.69, 9.17) is 0 Å². The molecule has 0 saturated carbocycles. The monoisotopic (exact) mass is 370 g/mol. The lowest BCUT2D eigenvalue weighted by Gasteiger charge is -2.29. The summed E-state index contributed by atoms with van der Waals surface area (Å²) in [6.07, 6.45) is 1.85. The Labute approximate surface area is 159 Å². The molecule has 2 atom stereocenters. The number of fused-ring (bicyclic) bond motifs is 1. The summed E-state index contributed by atoms with van der Waals surface area (Å²) in [6, 6.07) is 6.02. The number of hydrogen-bond acceptors (Lipinski definition) is 5. The second-order valence-electron chi connectivity index (χ2n) is 7.67. The van der Waals surface area contributed by atoms with Gasteiger partial charge in [-0.1, -0.05) is 19.1 Å². The third kappa shape index (κ3) is 3.61. The van der Waals surface area contributed by atoms with E-state index in [9.17, 15) is 14.4 Å². The number of benzene rings is 1. The minimum absolute atomic E-state index is 0.112. The first-order valence-electron chi connectivity index (χ1n) is 9.77. The molecule has 0 bridgehead atoms. The Kier molecular flexibility index (Phi) is 4.97. The van der Waals surface area contributed by atoms with Crippen molar-refractivity contribution >= 4 is 17.7 Å². The van der Waals surface area contributed by atoms with E-state index in [1.54, 1.807) is 4.90 Å². The summed E-state index contributed by atoms with van der Waals surface area (Å²) in [7, 11) is 0. The highest BCUT2D eigenvalue weighted by Gasteiger charge is 2.39. The molecule has 2 fully saturated rings. The largest absolute Gasteiger partial charge is 0.322 e. The number of amides is 3. The first kappa shape index (κ1) is 18.1. The Morgan fingerprint density at radius 2 is 2.07 bits per heavy atom. The van der Waals surface area contributed by atoms with Gasteiger partial charge >= 0.3 is 0 Å². The molecule has 7 nitrogen and oxygen atoms in total. The van der Waals surface area contributed by atoms with Crippen molar-refractivity contribution in [3.05, 3.63) is 34.9 Å². The second kappa shape index (κ2) is 7.40. The molecule has 1 aromatic carbocycles. The van der Waals surface area contributed by atoms with Gasteiger partial charge in [-0.3, -0.25) is 24.6 Å². The van der Waals surface area contributed by atoms with Crippen molar-refractivity contribution in [1.29, 1.82) is 0 Å². The highest BCUT2D eigenvalue weighted by atomic mass is 16.2. The maximum Gasteiger partial charge on any atom is 0.255 e. The molecule has 0 spiro atoms. The number of hydrogen-bond donors (Lipinski definition) is 2. The van der Waals surface area contributed by atoms with E-state index in [1.807, 2.05) is 12.1 Å². The van der Waals surface area contributed by atoms with Crippen LogP contribution in [-0.4, -0.2) is 59.2 Å². The molecule has 144 valence electrons. The van der Waals surface area contributed by atoms with E-state index < -0.39 is 6.04 Å². The second-order valence-corrected chi connectivity index (χ2v) is 7.67. The molecule has 0 aliphatic carbocycles. The molecule has 0 aromatic heterocycles. The SMILES string of the molecule is CCNC1CCN(Cc2ccc3c(c2)CN(C2CCC(=O)NC2=O)C3=O)C1. The number of likely N-dealkylation sites (tertiary alicyclic amines) is 1. The minimum atomic E-state index is -0.550. The zero-order valence-electron chi connectivity index (χ0n) is 15.7. The fourth-order valence-corrected chi connectivity index (χ4v) is 4.42.